The second kappa shape index (κ2) is 13.6. The SMILES string of the molecule is CN(C)C/C=C/C(=O)Nc1cccc(N2C(=O)N(Cc3ccccc3)Cc3cnc(Nc4cn(CC(F)F)nc4Cl)nc32)c1. The zero-order chi connectivity index (χ0) is 31.2. The van der Waals surface area contributed by atoms with E-state index in [4.69, 9.17) is 11.6 Å². The molecule has 44 heavy (non-hydrogen) atoms. The predicted octanol–water partition coefficient (Wildman–Crippen LogP) is 5.67. The lowest BCUT2D eigenvalue weighted by Gasteiger charge is -2.36. The number of nitrogens with one attached hydrogen (secondary N) is 2. The molecule has 0 aliphatic carbocycles. The number of urea groups is 1. The average Bonchev–Trinajstić information content (AvgIpc) is 3.31. The molecule has 11 nitrogen and oxygen atoms in total. The molecule has 2 aromatic heterocycles. The maximum Gasteiger partial charge on any atom is 0.330 e. The lowest BCUT2D eigenvalue weighted by atomic mass is 10.1. The van der Waals surface area contributed by atoms with E-state index in [1.165, 1.54) is 17.2 Å². The molecule has 5 rings (SSSR count). The molecule has 0 saturated heterocycles. The van der Waals surface area contributed by atoms with E-state index in [0.29, 0.717) is 35.8 Å². The highest BCUT2D eigenvalue weighted by Crippen LogP contribution is 2.36. The van der Waals surface area contributed by atoms with Crippen molar-refractivity contribution in [1.29, 1.82) is 0 Å². The lowest BCUT2D eigenvalue weighted by Crippen LogP contribution is -2.45. The van der Waals surface area contributed by atoms with Gasteiger partial charge < -0.3 is 20.4 Å². The second-order valence-corrected chi connectivity index (χ2v) is 10.6. The van der Waals surface area contributed by atoms with Gasteiger partial charge in [0.05, 0.1) is 24.1 Å². The number of anilines is 5. The number of hydrogen-bond acceptors (Lipinski definition) is 7. The largest absolute Gasteiger partial charge is 0.330 e. The number of fused-ring (bicyclic) bond motifs is 1. The molecule has 0 fully saturated rings. The van der Waals surface area contributed by atoms with Crippen LogP contribution in [-0.4, -0.2) is 68.6 Å². The van der Waals surface area contributed by atoms with Gasteiger partial charge >= 0.3 is 6.03 Å². The summed E-state index contributed by atoms with van der Waals surface area (Å²) >= 11 is 6.16. The molecule has 0 atom stereocenters. The number of likely N-dealkylation sites (N-methyl/N-ethyl adjacent to an activating group) is 1. The molecule has 0 bridgehead atoms. The predicted molar refractivity (Wildman–Crippen MR) is 165 cm³/mol. The van der Waals surface area contributed by atoms with Crippen LogP contribution in [0.1, 0.15) is 11.1 Å². The third-order valence-corrected chi connectivity index (χ3v) is 6.77. The summed E-state index contributed by atoms with van der Waals surface area (Å²) in [5.74, 6) is 0.104. The summed E-state index contributed by atoms with van der Waals surface area (Å²) in [6.07, 6.45) is 3.53. The molecule has 0 spiro atoms. The first-order valence-corrected chi connectivity index (χ1v) is 14.0. The number of halogens is 3. The van der Waals surface area contributed by atoms with Crippen LogP contribution in [0.4, 0.5) is 42.4 Å². The summed E-state index contributed by atoms with van der Waals surface area (Å²) in [5, 5.41) is 9.61. The third-order valence-electron chi connectivity index (χ3n) is 6.49. The first kappa shape index (κ1) is 30.6. The van der Waals surface area contributed by atoms with Crippen LogP contribution in [0.5, 0.6) is 0 Å². The van der Waals surface area contributed by atoms with Gasteiger partial charge in [0.15, 0.2) is 11.0 Å². The molecule has 3 amide bonds. The highest BCUT2D eigenvalue weighted by atomic mass is 35.5. The number of amides is 3. The van der Waals surface area contributed by atoms with E-state index in [0.717, 1.165) is 10.2 Å². The maximum absolute atomic E-state index is 14.0. The fourth-order valence-corrected chi connectivity index (χ4v) is 4.74. The second-order valence-electron chi connectivity index (χ2n) is 10.3. The fraction of sp³-hybridized carbons (Fsp3) is 0.233. The number of hydrogen-bond donors (Lipinski definition) is 2. The molecular weight excluding hydrogens is 592 g/mol. The molecule has 1 aliphatic rings. The summed E-state index contributed by atoms with van der Waals surface area (Å²) in [4.78, 5) is 40.6. The fourth-order valence-electron chi connectivity index (χ4n) is 4.54. The number of benzene rings is 2. The van der Waals surface area contributed by atoms with Crippen molar-refractivity contribution in [3.63, 3.8) is 0 Å². The molecule has 1 aliphatic heterocycles. The monoisotopic (exact) mass is 621 g/mol. The van der Waals surface area contributed by atoms with Crippen molar-refractivity contribution >= 4 is 52.4 Å². The first-order chi connectivity index (χ1) is 21.2. The van der Waals surface area contributed by atoms with E-state index in [2.05, 4.69) is 25.7 Å². The first-order valence-electron chi connectivity index (χ1n) is 13.7. The molecule has 3 heterocycles. The van der Waals surface area contributed by atoms with E-state index in [-0.39, 0.29) is 35.3 Å². The van der Waals surface area contributed by atoms with Crippen LogP contribution in [-0.2, 0) is 24.4 Å². The van der Waals surface area contributed by atoms with Crippen LogP contribution in [0.15, 0.2) is 79.1 Å². The number of carbonyl (C=O) groups excluding carboxylic acids is 2. The Morgan fingerprint density at radius 3 is 2.70 bits per heavy atom. The van der Waals surface area contributed by atoms with E-state index in [9.17, 15) is 18.4 Å². The van der Waals surface area contributed by atoms with Gasteiger partial charge in [-0.2, -0.15) is 10.1 Å². The van der Waals surface area contributed by atoms with Crippen LogP contribution in [0, 0.1) is 0 Å². The van der Waals surface area contributed by atoms with Gasteiger partial charge in [-0.1, -0.05) is 54.1 Å². The number of alkyl halides is 2. The van der Waals surface area contributed by atoms with Crippen molar-refractivity contribution in [3.05, 3.63) is 95.4 Å². The molecular formula is C30H30ClF2N9O2. The van der Waals surface area contributed by atoms with E-state index >= 15 is 0 Å². The minimum Gasteiger partial charge on any atom is -0.322 e. The van der Waals surface area contributed by atoms with Crippen LogP contribution < -0.4 is 15.5 Å². The third kappa shape index (κ3) is 7.54. The standard InChI is InChI=1S/C30H30ClF2N9O2/c1-39(2)13-7-12-26(43)35-22-10-6-11-23(14-22)42-28-21(17-40(30(42)44)16-20-8-4-3-5-9-20)15-34-29(37-28)36-24-18-41(19-25(32)33)38-27(24)31/h3-12,14-15,18,25H,13,16-17,19H2,1-2H3,(H,35,43)(H,34,36,37)/b12-7+. The Kier molecular flexibility index (Phi) is 9.46. The number of rotatable bonds is 11. The Labute approximate surface area is 257 Å². The zero-order valence-electron chi connectivity index (χ0n) is 24.0. The zero-order valence-corrected chi connectivity index (χ0v) is 24.7. The summed E-state index contributed by atoms with van der Waals surface area (Å²) in [7, 11) is 3.81. The molecule has 0 unspecified atom stereocenters. The Hall–Kier alpha value is -4.88. The Morgan fingerprint density at radius 2 is 1.95 bits per heavy atom. The van der Waals surface area contributed by atoms with Gasteiger partial charge in [0.1, 0.15) is 6.54 Å². The van der Waals surface area contributed by atoms with Gasteiger partial charge in [-0.05, 0) is 37.9 Å². The summed E-state index contributed by atoms with van der Waals surface area (Å²) in [5.41, 5.74) is 2.81. The molecule has 2 N–H and O–H groups in total. The number of aromatic nitrogens is 4. The Morgan fingerprint density at radius 1 is 1.16 bits per heavy atom. The average molecular weight is 622 g/mol. The maximum atomic E-state index is 14.0. The summed E-state index contributed by atoms with van der Waals surface area (Å²) < 4.78 is 26.7. The van der Waals surface area contributed by atoms with Gasteiger partial charge in [-0.15, -0.1) is 0 Å². The van der Waals surface area contributed by atoms with Crippen molar-refractivity contribution in [3.8, 4) is 0 Å². The van der Waals surface area contributed by atoms with E-state index in [1.807, 2.05) is 49.3 Å². The number of carbonyl (C=O) groups is 2. The van der Waals surface area contributed by atoms with Gasteiger partial charge in [0.25, 0.3) is 6.43 Å². The van der Waals surface area contributed by atoms with Gasteiger partial charge in [0, 0.05) is 36.6 Å². The smallest absolute Gasteiger partial charge is 0.322 e. The molecule has 228 valence electrons. The molecule has 14 heteroatoms. The summed E-state index contributed by atoms with van der Waals surface area (Å²) in [6, 6.07) is 16.2. The minimum atomic E-state index is -2.60. The van der Waals surface area contributed by atoms with Gasteiger partial charge in [-0.3, -0.25) is 9.48 Å². The quantitative estimate of drug-likeness (QED) is 0.208. The van der Waals surface area contributed by atoms with Crippen molar-refractivity contribution < 1.29 is 18.4 Å². The summed E-state index contributed by atoms with van der Waals surface area (Å²) in [6.45, 7) is 0.587. The van der Waals surface area contributed by atoms with E-state index in [1.54, 1.807) is 41.4 Å². The molecule has 4 aromatic rings. The molecule has 0 radical (unpaired) electrons. The lowest BCUT2D eigenvalue weighted by molar-refractivity contribution is -0.111. The van der Waals surface area contributed by atoms with Gasteiger partial charge in [0.2, 0.25) is 11.9 Å². The van der Waals surface area contributed by atoms with Crippen molar-refractivity contribution in [2.75, 3.05) is 36.2 Å². The van der Waals surface area contributed by atoms with Crippen LogP contribution in [0.3, 0.4) is 0 Å². The molecule has 0 saturated carbocycles. The highest BCUT2D eigenvalue weighted by Gasteiger charge is 2.34. The van der Waals surface area contributed by atoms with Crippen molar-refractivity contribution in [1.82, 2.24) is 29.5 Å². The Balaban J connectivity index is 1.47. The molecule has 2 aromatic carbocycles. The minimum absolute atomic E-state index is 0.0305. The van der Waals surface area contributed by atoms with Gasteiger partial charge in [-0.25, -0.2) is 23.5 Å². The van der Waals surface area contributed by atoms with Crippen molar-refractivity contribution in [2.24, 2.45) is 0 Å². The Bertz CT molecular complexity index is 1660. The highest BCUT2D eigenvalue weighted by molar-refractivity contribution is 6.32. The van der Waals surface area contributed by atoms with Crippen LogP contribution in [0.2, 0.25) is 5.15 Å². The normalized spacial score (nSPS) is 13.2. The van der Waals surface area contributed by atoms with Crippen molar-refractivity contribution in [2.45, 2.75) is 26.1 Å². The van der Waals surface area contributed by atoms with Crippen LogP contribution >= 0.6 is 11.6 Å². The van der Waals surface area contributed by atoms with Crippen LogP contribution in [0.25, 0.3) is 0 Å². The number of nitrogens with zero attached hydrogens (tertiary/aromatic N) is 7. The van der Waals surface area contributed by atoms with E-state index < -0.39 is 13.0 Å². The topological polar surface area (TPSA) is 112 Å².